The Balaban J connectivity index is 1.51. The Kier molecular flexibility index (Phi) is 5.46. The van der Waals surface area contributed by atoms with Gasteiger partial charge in [-0.2, -0.15) is 0 Å². The summed E-state index contributed by atoms with van der Waals surface area (Å²) < 4.78 is 1.88. The van der Waals surface area contributed by atoms with Crippen molar-refractivity contribution in [3.8, 4) is 5.69 Å². The molecule has 0 bridgehead atoms. The van der Waals surface area contributed by atoms with Crippen LogP contribution in [-0.4, -0.2) is 40.4 Å². The van der Waals surface area contributed by atoms with E-state index in [2.05, 4.69) is 20.6 Å². The molecule has 0 saturated heterocycles. The fraction of sp³-hybridized carbons (Fsp3) is 0.158. The van der Waals surface area contributed by atoms with Crippen molar-refractivity contribution in [3.05, 3.63) is 66.9 Å². The van der Waals surface area contributed by atoms with Crippen molar-refractivity contribution in [3.63, 3.8) is 0 Å². The SMILES string of the molecule is CN(C)c1ccc(NC(=O)C(=O)NCc2ccc(-n3ccnc3)cc2)cn1. The topological polar surface area (TPSA) is 92.2 Å². The van der Waals surface area contributed by atoms with Gasteiger partial charge in [0.15, 0.2) is 0 Å². The molecule has 0 atom stereocenters. The molecule has 0 spiro atoms. The summed E-state index contributed by atoms with van der Waals surface area (Å²) in [5.74, 6) is -0.675. The van der Waals surface area contributed by atoms with Gasteiger partial charge in [-0.05, 0) is 29.8 Å². The van der Waals surface area contributed by atoms with Gasteiger partial charge in [0.05, 0.1) is 18.2 Å². The lowest BCUT2D eigenvalue weighted by atomic mass is 10.2. The van der Waals surface area contributed by atoms with Gasteiger partial charge < -0.3 is 20.1 Å². The van der Waals surface area contributed by atoms with E-state index in [0.29, 0.717) is 5.69 Å². The van der Waals surface area contributed by atoms with Crippen molar-refractivity contribution in [2.24, 2.45) is 0 Å². The Labute approximate surface area is 156 Å². The first-order valence-electron chi connectivity index (χ1n) is 8.33. The third kappa shape index (κ3) is 4.69. The molecular weight excluding hydrogens is 344 g/mol. The van der Waals surface area contributed by atoms with E-state index in [9.17, 15) is 9.59 Å². The average Bonchev–Trinajstić information content (AvgIpc) is 3.21. The van der Waals surface area contributed by atoms with Gasteiger partial charge in [0.2, 0.25) is 0 Å². The first-order chi connectivity index (χ1) is 13.0. The van der Waals surface area contributed by atoms with E-state index in [1.807, 2.05) is 54.0 Å². The summed E-state index contributed by atoms with van der Waals surface area (Å²) in [5.41, 5.74) is 2.32. The zero-order valence-corrected chi connectivity index (χ0v) is 15.1. The number of hydrogen-bond donors (Lipinski definition) is 2. The molecule has 138 valence electrons. The Morgan fingerprint density at radius 1 is 1.07 bits per heavy atom. The van der Waals surface area contributed by atoms with Crippen molar-refractivity contribution >= 4 is 23.3 Å². The van der Waals surface area contributed by atoms with Gasteiger partial charge in [-0.25, -0.2) is 9.97 Å². The molecule has 2 aromatic heterocycles. The lowest BCUT2D eigenvalue weighted by molar-refractivity contribution is -0.136. The molecule has 0 fully saturated rings. The molecule has 2 heterocycles. The van der Waals surface area contributed by atoms with Gasteiger partial charge >= 0.3 is 11.8 Å². The first kappa shape index (κ1) is 18.1. The van der Waals surface area contributed by atoms with Crippen LogP contribution in [0.25, 0.3) is 5.69 Å². The second kappa shape index (κ2) is 8.13. The smallest absolute Gasteiger partial charge is 0.313 e. The number of benzene rings is 1. The van der Waals surface area contributed by atoms with Crippen LogP contribution < -0.4 is 15.5 Å². The lowest BCUT2D eigenvalue weighted by Crippen LogP contribution is -2.35. The number of amides is 2. The number of imidazole rings is 1. The Hall–Kier alpha value is -3.68. The number of hydrogen-bond acceptors (Lipinski definition) is 5. The molecular formula is C19H20N6O2. The number of rotatable bonds is 5. The summed E-state index contributed by atoms with van der Waals surface area (Å²) in [4.78, 5) is 34.0. The van der Waals surface area contributed by atoms with Crippen molar-refractivity contribution in [1.82, 2.24) is 19.9 Å². The van der Waals surface area contributed by atoms with Gasteiger partial charge in [-0.1, -0.05) is 12.1 Å². The summed E-state index contributed by atoms with van der Waals surface area (Å²) >= 11 is 0. The molecule has 27 heavy (non-hydrogen) atoms. The van der Waals surface area contributed by atoms with Crippen molar-refractivity contribution < 1.29 is 9.59 Å². The third-order valence-corrected chi connectivity index (χ3v) is 3.86. The molecule has 0 aliphatic heterocycles. The Bertz CT molecular complexity index is 902. The van der Waals surface area contributed by atoms with Crippen LogP contribution in [0.1, 0.15) is 5.56 Å². The Morgan fingerprint density at radius 2 is 1.85 bits per heavy atom. The fourth-order valence-electron chi connectivity index (χ4n) is 2.37. The van der Waals surface area contributed by atoms with Gasteiger partial charge in [-0.15, -0.1) is 0 Å². The highest BCUT2D eigenvalue weighted by Crippen LogP contribution is 2.12. The van der Waals surface area contributed by atoms with E-state index >= 15 is 0 Å². The standard InChI is InChI=1S/C19H20N6O2/c1-24(2)17-8-5-15(12-21-17)23-19(27)18(26)22-11-14-3-6-16(7-4-14)25-10-9-20-13-25/h3-10,12-13H,11H2,1-2H3,(H,22,26)(H,23,27). The summed E-state index contributed by atoms with van der Waals surface area (Å²) in [6, 6.07) is 11.1. The van der Waals surface area contributed by atoms with Crippen LogP contribution in [0.2, 0.25) is 0 Å². The number of nitrogens with one attached hydrogen (secondary N) is 2. The molecule has 8 nitrogen and oxygen atoms in total. The molecule has 0 aliphatic rings. The largest absolute Gasteiger partial charge is 0.363 e. The molecule has 1 aromatic carbocycles. The number of anilines is 2. The van der Waals surface area contributed by atoms with E-state index in [1.54, 1.807) is 24.7 Å². The quantitative estimate of drug-likeness (QED) is 0.671. The van der Waals surface area contributed by atoms with Crippen LogP contribution >= 0.6 is 0 Å². The second-order valence-corrected chi connectivity index (χ2v) is 6.07. The molecule has 0 unspecified atom stereocenters. The summed E-state index contributed by atoms with van der Waals surface area (Å²) in [5, 5.41) is 5.13. The van der Waals surface area contributed by atoms with Crippen molar-refractivity contribution in [1.29, 1.82) is 0 Å². The number of nitrogens with zero attached hydrogens (tertiary/aromatic N) is 4. The molecule has 8 heteroatoms. The van der Waals surface area contributed by atoms with Crippen molar-refractivity contribution in [2.75, 3.05) is 24.3 Å². The van der Waals surface area contributed by atoms with Crippen LogP contribution in [0.15, 0.2) is 61.3 Å². The van der Waals surface area contributed by atoms with Gasteiger partial charge in [0, 0.05) is 38.7 Å². The van der Waals surface area contributed by atoms with E-state index in [0.717, 1.165) is 17.1 Å². The summed E-state index contributed by atoms with van der Waals surface area (Å²) in [7, 11) is 3.74. The normalized spacial score (nSPS) is 10.3. The highest BCUT2D eigenvalue weighted by atomic mass is 16.2. The lowest BCUT2D eigenvalue weighted by Gasteiger charge is -2.11. The average molecular weight is 364 g/mol. The fourth-order valence-corrected chi connectivity index (χ4v) is 2.37. The van der Waals surface area contributed by atoms with Crippen LogP contribution in [0.5, 0.6) is 0 Å². The minimum Gasteiger partial charge on any atom is -0.363 e. The van der Waals surface area contributed by atoms with E-state index in [4.69, 9.17) is 0 Å². The zero-order valence-electron chi connectivity index (χ0n) is 15.1. The third-order valence-electron chi connectivity index (χ3n) is 3.86. The number of carbonyl (C=O) groups excluding carboxylic acids is 2. The maximum atomic E-state index is 12.0. The predicted octanol–water partition coefficient (Wildman–Crippen LogP) is 1.59. The van der Waals surface area contributed by atoms with Gasteiger partial charge in [-0.3, -0.25) is 9.59 Å². The minimum atomic E-state index is -0.732. The second-order valence-electron chi connectivity index (χ2n) is 6.07. The first-order valence-corrected chi connectivity index (χ1v) is 8.33. The molecule has 0 saturated carbocycles. The minimum absolute atomic E-state index is 0.258. The Morgan fingerprint density at radius 3 is 2.44 bits per heavy atom. The summed E-state index contributed by atoms with van der Waals surface area (Å²) in [6.45, 7) is 0.258. The monoisotopic (exact) mass is 364 g/mol. The predicted molar refractivity (Wildman–Crippen MR) is 103 cm³/mol. The van der Waals surface area contributed by atoms with Gasteiger partial charge in [0.1, 0.15) is 5.82 Å². The highest BCUT2D eigenvalue weighted by Gasteiger charge is 2.13. The molecule has 2 N–H and O–H groups in total. The molecule has 0 radical (unpaired) electrons. The molecule has 3 rings (SSSR count). The molecule has 0 aliphatic carbocycles. The van der Waals surface area contributed by atoms with Crippen LogP contribution in [0, 0.1) is 0 Å². The van der Waals surface area contributed by atoms with Crippen LogP contribution in [0.3, 0.4) is 0 Å². The number of carbonyl (C=O) groups is 2. The van der Waals surface area contributed by atoms with Crippen LogP contribution in [-0.2, 0) is 16.1 Å². The van der Waals surface area contributed by atoms with Crippen LogP contribution in [0.4, 0.5) is 11.5 Å². The number of pyridine rings is 1. The highest BCUT2D eigenvalue weighted by molar-refractivity contribution is 6.39. The maximum absolute atomic E-state index is 12.0. The van der Waals surface area contributed by atoms with Crippen molar-refractivity contribution in [2.45, 2.75) is 6.54 Å². The van der Waals surface area contributed by atoms with E-state index < -0.39 is 11.8 Å². The maximum Gasteiger partial charge on any atom is 0.313 e. The molecule has 2 amide bonds. The number of aromatic nitrogens is 3. The van der Waals surface area contributed by atoms with Gasteiger partial charge in [0.25, 0.3) is 0 Å². The van der Waals surface area contributed by atoms with E-state index in [1.165, 1.54) is 6.20 Å². The van der Waals surface area contributed by atoms with E-state index in [-0.39, 0.29) is 6.54 Å². The molecule has 3 aromatic rings. The summed E-state index contributed by atoms with van der Waals surface area (Å²) in [6.07, 6.45) is 6.77. The zero-order chi connectivity index (χ0) is 19.2.